The zero-order chi connectivity index (χ0) is 28.0. The first-order valence-electron chi connectivity index (χ1n) is 12.7. The summed E-state index contributed by atoms with van der Waals surface area (Å²) in [6.07, 6.45) is -8.80. The molecule has 3 aliphatic rings. The molecular weight excluding hydrogens is 520 g/mol. The molecule has 0 unspecified atom stereocenters. The average molecular weight is 552 g/mol. The molecule has 38 heavy (non-hydrogen) atoms. The van der Waals surface area contributed by atoms with Crippen molar-refractivity contribution in [3.05, 3.63) is 33.7 Å². The summed E-state index contributed by atoms with van der Waals surface area (Å²) in [6.45, 7) is 3.92. The van der Waals surface area contributed by atoms with Crippen LogP contribution in [0.4, 0.5) is 26.3 Å². The van der Waals surface area contributed by atoms with Crippen molar-refractivity contribution in [1.82, 2.24) is 14.4 Å². The third-order valence-corrected chi connectivity index (χ3v) is 8.28. The van der Waals surface area contributed by atoms with Crippen LogP contribution >= 0.6 is 0 Å². The van der Waals surface area contributed by atoms with Crippen LogP contribution in [0, 0.1) is 11.3 Å². The second-order valence-electron chi connectivity index (χ2n) is 10.7. The van der Waals surface area contributed by atoms with Gasteiger partial charge in [-0.15, -0.1) is 0 Å². The fourth-order valence-electron chi connectivity index (χ4n) is 6.17. The van der Waals surface area contributed by atoms with Crippen molar-refractivity contribution in [2.45, 2.75) is 83.5 Å². The number of pyridine rings is 1. The van der Waals surface area contributed by atoms with E-state index in [1.54, 1.807) is 13.8 Å². The molecule has 1 saturated carbocycles. The van der Waals surface area contributed by atoms with Crippen molar-refractivity contribution in [3.63, 3.8) is 0 Å². The number of hydrogen-bond donors (Lipinski definition) is 0. The van der Waals surface area contributed by atoms with E-state index in [-0.39, 0.29) is 82.5 Å². The molecule has 1 aromatic rings. The molecule has 1 saturated heterocycles. The number of halogens is 6. The summed E-state index contributed by atoms with van der Waals surface area (Å²) < 4.78 is 87.1. The number of carbonyl (C=O) groups excluding carboxylic acids is 2. The lowest BCUT2D eigenvalue weighted by Crippen LogP contribution is -2.54. The summed E-state index contributed by atoms with van der Waals surface area (Å²) in [6, 6.07) is -0.0822. The van der Waals surface area contributed by atoms with Gasteiger partial charge in [-0.25, -0.2) is 0 Å². The molecule has 0 bridgehead atoms. The number of nitrogens with zero attached hydrogens (tertiary/aromatic N) is 3. The maximum absolute atomic E-state index is 13.9. The minimum absolute atomic E-state index is 0.0103. The number of aromatic nitrogens is 1. The third kappa shape index (κ3) is 5.30. The summed E-state index contributed by atoms with van der Waals surface area (Å²) in [7, 11) is 0. The van der Waals surface area contributed by atoms with E-state index >= 15 is 0 Å². The van der Waals surface area contributed by atoms with Gasteiger partial charge in [0, 0.05) is 50.1 Å². The first-order chi connectivity index (χ1) is 17.6. The highest BCUT2D eigenvalue weighted by Gasteiger charge is 2.55. The molecule has 1 aliphatic carbocycles. The van der Waals surface area contributed by atoms with Crippen LogP contribution in [0.25, 0.3) is 0 Å². The van der Waals surface area contributed by atoms with Crippen LogP contribution in [0.1, 0.15) is 57.2 Å². The molecule has 13 heteroatoms. The van der Waals surface area contributed by atoms with E-state index < -0.39 is 46.9 Å². The van der Waals surface area contributed by atoms with E-state index in [4.69, 9.17) is 4.74 Å². The number of fused-ring (bicyclic) bond motifs is 1. The average Bonchev–Trinajstić information content (AvgIpc) is 3.29. The van der Waals surface area contributed by atoms with Gasteiger partial charge in [0.05, 0.1) is 17.5 Å². The van der Waals surface area contributed by atoms with Gasteiger partial charge < -0.3 is 19.1 Å². The Hall–Kier alpha value is -2.57. The smallest absolute Gasteiger partial charge is 0.381 e. The molecule has 0 radical (unpaired) electrons. The second-order valence-corrected chi connectivity index (χ2v) is 10.7. The number of ether oxygens (including phenoxy) is 1. The standard InChI is InChI=1S/C25H31F6N3O4/c1-15(2)23(6-3-18(13-23)34(22(37)25(29,30)31)17-4-9-38-10-5-17)21(36)32-7-8-33-19(14-32)11-16(12-20(33)35)24(26,27)28/h11-12,15,17-18H,3-10,13-14H2,1-2H3/t18-,23+/m1/s1. The van der Waals surface area contributed by atoms with Crippen molar-refractivity contribution in [3.8, 4) is 0 Å². The van der Waals surface area contributed by atoms with Gasteiger partial charge in [0.15, 0.2) is 0 Å². The highest BCUT2D eigenvalue weighted by Crippen LogP contribution is 2.49. The molecule has 3 heterocycles. The summed E-state index contributed by atoms with van der Waals surface area (Å²) >= 11 is 0. The molecule has 2 fully saturated rings. The van der Waals surface area contributed by atoms with Crippen LogP contribution < -0.4 is 5.56 Å². The van der Waals surface area contributed by atoms with Crippen molar-refractivity contribution in [2.24, 2.45) is 11.3 Å². The van der Waals surface area contributed by atoms with Crippen molar-refractivity contribution < 1.29 is 40.7 Å². The normalized spacial score (nSPS) is 25.0. The highest BCUT2D eigenvalue weighted by molar-refractivity contribution is 5.85. The molecule has 0 spiro atoms. The van der Waals surface area contributed by atoms with Gasteiger partial charge in [-0.3, -0.25) is 14.4 Å². The fourth-order valence-corrected chi connectivity index (χ4v) is 6.17. The maximum Gasteiger partial charge on any atom is 0.471 e. The molecule has 2 aliphatic heterocycles. The van der Waals surface area contributed by atoms with E-state index in [2.05, 4.69) is 0 Å². The molecule has 1 aromatic heterocycles. The molecule has 0 aromatic carbocycles. The summed E-state index contributed by atoms with van der Waals surface area (Å²) in [5.74, 6) is -2.60. The van der Waals surface area contributed by atoms with Gasteiger partial charge in [-0.2, -0.15) is 26.3 Å². The lowest BCUT2D eigenvalue weighted by Gasteiger charge is -2.42. The minimum atomic E-state index is -5.06. The molecule has 2 atom stereocenters. The van der Waals surface area contributed by atoms with E-state index in [1.807, 2.05) is 0 Å². The predicted octanol–water partition coefficient (Wildman–Crippen LogP) is 3.97. The first-order valence-corrected chi connectivity index (χ1v) is 12.7. The SMILES string of the molecule is CC(C)[C@]1(C(=O)N2CCn3c(cc(C(F)(F)F)cc3=O)C2)CC[C@@H](N(C(=O)C(F)(F)F)C2CCOCC2)C1. The van der Waals surface area contributed by atoms with Crippen LogP contribution in [-0.4, -0.2) is 64.2 Å². The van der Waals surface area contributed by atoms with Gasteiger partial charge in [-0.05, 0) is 44.1 Å². The van der Waals surface area contributed by atoms with Crippen LogP contribution in [0.3, 0.4) is 0 Å². The maximum atomic E-state index is 13.9. The summed E-state index contributed by atoms with van der Waals surface area (Å²) in [5, 5.41) is 0. The van der Waals surface area contributed by atoms with Crippen molar-refractivity contribution in [1.29, 1.82) is 0 Å². The van der Waals surface area contributed by atoms with E-state index in [9.17, 15) is 40.7 Å². The van der Waals surface area contributed by atoms with Gasteiger partial charge in [-0.1, -0.05) is 13.8 Å². The number of carbonyl (C=O) groups is 2. The Morgan fingerprint density at radius 2 is 1.68 bits per heavy atom. The number of amides is 2. The zero-order valence-corrected chi connectivity index (χ0v) is 21.2. The Labute approximate surface area is 215 Å². The van der Waals surface area contributed by atoms with E-state index in [0.717, 1.165) is 11.0 Å². The molecule has 2 amide bonds. The number of rotatable bonds is 4. The van der Waals surface area contributed by atoms with Crippen LogP contribution in [0.5, 0.6) is 0 Å². The largest absolute Gasteiger partial charge is 0.471 e. The van der Waals surface area contributed by atoms with Gasteiger partial charge in [0.1, 0.15) is 0 Å². The quantitative estimate of drug-likeness (QED) is 0.531. The number of alkyl halides is 6. The van der Waals surface area contributed by atoms with Crippen LogP contribution in [0.2, 0.25) is 0 Å². The second kappa shape index (κ2) is 10.2. The lowest BCUT2D eigenvalue weighted by atomic mass is 9.74. The minimum Gasteiger partial charge on any atom is -0.381 e. The van der Waals surface area contributed by atoms with Crippen molar-refractivity contribution >= 4 is 11.8 Å². The summed E-state index contributed by atoms with van der Waals surface area (Å²) in [5.41, 5.74) is -2.95. The van der Waals surface area contributed by atoms with Crippen molar-refractivity contribution in [2.75, 3.05) is 19.8 Å². The topological polar surface area (TPSA) is 71.9 Å². The Balaban J connectivity index is 1.61. The molecular formula is C25H31F6N3O4. The zero-order valence-electron chi connectivity index (χ0n) is 21.2. The Bertz CT molecular complexity index is 1130. The molecule has 7 nitrogen and oxygen atoms in total. The van der Waals surface area contributed by atoms with E-state index in [1.165, 1.54) is 9.47 Å². The monoisotopic (exact) mass is 551 g/mol. The Morgan fingerprint density at radius 3 is 2.26 bits per heavy atom. The molecule has 0 N–H and O–H groups in total. The Kier molecular flexibility index (Phi) is 7.63. The lowest BCUT2D eigenvalue weighted by molar-refractivity contribution is -0.192. The van der Waals surface area contributed by atoms with Crippen LogP contribution in [0.15, 0.2) is 16.9 Å². The van der Waals surface area contributed by atoms with Crippen LogP contribution in [-0.2, 0) is 33.6 Å². The first kappa shape index (κ1) is 28.4. The molecule has 4 rings (SSSR count). The number of hydrogen-bond acceptors (Lipinski definition) is 4. The van der Waals surface area contributed by atoms with E-state index in [0.29, 0.717) is 6.07 Å². The molecule has 212 valence electrons. The van der Waals surface area contributed by atoms with Gasteiger partial charge in [0.25, 0.3) is 5.56 Å². The predicted molar refractivity (Wildman–Crippen MR) is 123 cm³/mol. The Morgan fingerprint density at radius 1 is 1.03 bits per heavy atom. The van der Waals surface area contributed by atoms with Gasteiger partial charge in [0.2, 0.25) is 5.91 Å². The van der Waals surface area contributed by atoms with Gasteiger partial charge >= 0.3 is 18.3 Å². The fraction of sp³-hybridized carbons (Fsp3) is 0.720. The third-order valence-electron chi connectivity index (χ3n) is 8.28. The highest BCUT2D eigenvalue weighted by atomic mass is 19.4. The summed E-state index contributed by atoms with van der Waals surface area (Å²) in [4.78, 5) is 41.0.